The molecule has 2 aromatic carbocycles. The van der Waals surface area contributed by atoms with Gasteiger partial charge in [-0.25, -0.2) is 14.8 Å². The van der Waals surface area contributed by atoms with Gasteiger partial charge in [-0.2, -0.15) is 0 Å². The Morgan fingerprint density at radius 1 is 0.929 bits per heavy atom. The lowest BCUT2D eigenvalue weighted by Crippen LogP contribution is -2.17. The van der Waals surface area contributed by atoms with Crippen LogP contribution >= 0.6 is 0 Å². The molecule has 2 N–H and O–H groups in total. The molecular weight excluding hydrogens is 356 g/mol. The number of para-hydroxylation sites is 1. The molecule has 3 aromatic rings. The molecule has 142 valence electrons. The second kappa shape index (κ2) is 8.30. The molecule has 0 radical (unpaired) electrons. The van der Waals surface area contributed by atoms with Gasteiger partial charge in [0.2, 0.25) is 0 Å². The van der Waals surface area contributed by atoms with Crippen LogP contribution in [0.2, 0.25) is 0 Å². The van der Waals surface area contributed by atoms with Gasteiger partial charge in [-0.3, -0.25) is 4.79 Å². The largest absolute Gasteiger partial charge is 0.465 e. The van der Waals surface area contributed by atoms with Crippen LogP contribution in [-0.2, 0) is 4.74 Å². The molecule has 0 atom stereocenters. The van der Waals surface area contributed by atoms with Crippen molar-refractivity contribution in [3.63, 3.8) is 0 Å². The smallest absolute Gasteiger partial charge is 0.339 e. The summed E-state index contributed by atoms with van der Waals surface area (Å²) in [5.74, 6) is -0.475. The zero-order valence-electron chi connectivity index (χ0n) is 15.8. The molecule has 0 aliphatic heterocycles. The first-order valence-electron chi connectivity index (χ1n) is 8.63. The maximum Gasteiger partial charge on any atom is 0.339 e. The van der Waals surface area contributed by atoms with Crippen LogP contribution in [0.25, 0.3) is 0 Å². The second-order valence-corrected chi connectivity index (χ2v) is 6.15. The van der Waals surface area contributed by atoms with Crippen molar-refractivity contribution in [3.05, 3.63) is 77.2 Å². The van der Waals surface area contributed by atoms with E-state index in [9.17, 15) is 9.59 Å². The molecule has 3 rings (SSSR count). The first kappa shape index (κ1) is 19.0. The number of nitrogens with zero attached hydrogens (tertiary/aromatic N) is 2. The summed E-state index contributed by atoms with van der Waals surface area (Å²) in [7, 11) is 1.29. The van der Waals surface area contributed by atoms with Gasteiger partial charge in [-0.15, -0.1) is 0 Å². The lowest BCUT2D eigenvalue weighted by atomic mass is 10.1. The van der Waals surface area contributed by atoms with Crippen molar-refractivity contribution in [1.29, 1.82) is 0 Å². The van der Waals surface area contributed by atoms with Crippen LogP contribution in [-0.4, -0.2) is 29.0 Å². The number of hydrogen-bond acceptors (Lipinski definition) is 6. The average molecular weight is 376 g/mol. The third kappa shape index (κ3) is 4.15. The highest BCUT2D eigenvalue weighted by atomic mass is 16.5. The van der Waals surface area contributed by atoms with Gasteiger partial charge in [0.25, 0.3) is 5.91 Å². The van der Waals surface area contributed by atoms with E-state index >= 15 is 0 Å². The van der Waals surface area contributed by atoms with Crippen molar-refractivity contribution in [2.24, 2.45) is 0 Å². The number of aromatic nitrogens is 2. The maximum absolute atomic E-state index is 12.5. The third-order valence-corrected chi connectivity index (χ3v) is 4.33. The van der Waals surface area contributed by atoms with Crippen LogP contribution in [0, 0.1) is 13.8 Å². The van der Waals surface area contributed by atoms with E-state index in [1.54, 1.807) is 24.3 Å². The highest BCUT2D eigenvalue weighted by Crippen LogP contribution is 2.21. The van der Waals surface area contributed by atoms with E-state index < -0.39 is 11.9 Å². The Bertz CT molecular complexity index is 1020. The van der Waals surface area contributed by atoms with Crippen molar-refractivity contribution < 1.29 is 14.3 Å². The van der Waals surface area contributed by atoms with Crippen molar-refractivity contribution in [2.45, 2.75) is 13.8 Å². The summed E-state index contributed by atoms with van der Waals surface area (Å²) in [6.07, 6.45) is 2.87. The van der Waals surface area contributed by atoms with Crippen LogP contribution in [0.1, 0.15) is 32.0 Å². The second-order valence-electron chi connectivity index (χ2n) is 6.15. The Kier molecular flexibility index (Phi) is 5.64. The molecule has 1 aromatic heterocycles. The van der Waals surface area contributed by atoms with Gasteiger partial charge in [0, 0.05) is 5.69 Å². The zero-order chi connectivity index (χ0) is 20.1. The van der Waals surface area contributed by atoms with E-state index in [-0.39, 0.29) is 11.3 Å². The lowest BCUT2D eigenvalue weighted by Gasteiger charge is -2.11. The van der Waals surface area contributed by atoms with E-state index in [1.807, 2.05) is 32.0 Å². The van der Waals surface area contributed by atoms with Crippen LogP contribution in [0.3, 0.4) is 0 Å². The Balaban J connectivity index is 1.74. The van der Waals surface area contributed by atoms with Crippen molar-refractivity contribution >= 4 is 29.1 Å². The quantitative estimate of drug-likeness (QED) is 0.657. The number of methoxy groups -OCH3 is 1. The van der Waals surface area contributed by atoms with E-state index in [1.165, 1.54) is 25.1 Å². The molecule has 0 aliphatic rings. The summed E-state index contributed by atoms with van der Waals surface area (Å²) in [5, 5.41) is 5.86. The predicted octanol–water partition coefficient (Wildman–Crippen LogP) is 3.88. The van der Waals surface area contributed by atoms with E-state index in [0.717, 1.165) is 11.3 Å². The first-order valence-corrected chi connectivity index (χ1v) is 8.63. The summed E-state index contributed by atoms with van der Waals surface area (Å²) < 4.78 is 4.73. The number of amides is 1. The summed E-state index contributed by atoms with van der Waals surface area (Å²) in [6, 6.07) is 12.5. The van der Waals surface area contributed by atoms with Crippen LogP contribution < -0.4 is 10.6 Å². The minimum atomic E-state index is -0.532. The van der Waals surface area contributed by atoms with Gasteiger partial charge in [-0.1, -0.05) is 24.3 Å². The molecule has 28 heavy (non-hydrogen) atoms. The summed E-state index contributed by atoms with van der Waals surface area (Å²) in [4.78, 5) is 32.7. The number of rotatable bonds is 5. The van der Waals surface area contributed by atoms with Gasteiger partial charge in [0.05, 0.1) is 30.8 Å². The summed E-state index contributed by atoms with van der Waals surface area (Å²) in [6.45, 7) is 4.05. The van der Waals surface area contributed by atoms with Gasteiger partial charge < -0.3 is 15.4 Å². The molecule has 7 heteroatoms. The number of carbonyl (C=O) groups excluding carboxylic acids is 2. The SMILES string of the molecule is COC(=O)c1ccccc1NC(=O)c1cnc(Nc2cccc(C)c2C)cn1. The Hall–Kier alpha value is -3.74. The molecule has 0 spiro atoms. The van der Waals surface area contributed by atoms with E-state index in [2.05, 4.69) is 20.6 Å². The molecule has 1 amide bonds. The molecule has 0 aliphatic carbocycles. The number of ether oxygens (including phenoxy) is 1. The van der Waals surface area contributed by atoms with Crippen molar-refractivity contribution in [1.82, 2.24) is 9.97 Å². The highest BCUT2D eigenvalue weighted by molar-refractivity contribution is 6.06. The van der Waals surface area contributed by atoms with E-state index in [4.69, 9.17) is 4.74 Å². The number of aryl methyl sites for hydroxylation is 1. The number of benzene rings is 2. The fourth-order valence-electron chi connectivity index (χ4n) is 2.60. The maximum atomic E-state index is 12.5. The topological polar surface area (TPSA) is 93.2 Å². The molecule has 0 fully saturated rings. The van der Waals surface area contributed by atoms with Gasteiger partial charge in [0.15, 0.2) is 0 Å². The number of esters is 1. The summed E-state index contributed by atoms with van der Waals surface area (Å²) in [5.41, 5.74) is 3.95. The molecule has 0 bridgehead atoms. The zero-order valence-corrected chi connectivity index (χ0v) is 15.8. The Labute approximate surface area is 162 Å². The van der Waals surface area contributed by atoms with Crippen LogP contribution in [0.4, 0.5) is 17.2 Å². The molecular formula is C21H20N4O3. The predicted molar refractivity (Wildman–Crippen MR) is 107 cm³/mol. The van der Waals surface area contributed by atoms with Gasteiger partial charge in [-0.05, 0) is 43.2 Å². The number of hydrogen-bond donors (Lipinski definition) is 2. The average Bonchev–Trinajstić information content (AvgIpc) is 2.71. The lowest BCUT2D eigenvalue weighted by molar-refractivity contribution is 0.0602. The van der Waals surface area contributed by atoms with Crippen molar-refractivity contribution in [2.75, 3.05) is 17.7 Å². The van der Waals surface area contributed by atoms with Crippen molar-refractivity contribution in [3.8, 4) is 0 Å². The standard InChI is InChI=1S/C21H20N4O3/c1-13-7-6-10-16(14(13)2)24-19-12-22-18(11-23-19)20(26)25-17-9-5-4-8-15(17)21(27)28-3/h4-12H,1-3H3,(H,23,24)(H,25,26). The van der Waals surface area contributed by atoms with Gasteiger partial charge in [0.1, 0.15) is 11.5 Å². The number of nitrogens with one attached hydrogen (secondary N) is 2. The minimum Gasteiger partial charge on any atom is -0.465 e. The number of anilines is 3. The molecule has 7 nitrogen and oxygen atoms in total. The van der Waals surface area contributed by atoms with Crippen LogP contribution in [0.5, 0.6) is 0 Å². The highest BCUT2D eigenvalue weighted by Gasteiger charge is 2.15. The first-order chi connectivity index (χ1) is 13.5. The Morgan fingerprint density at radius 2 is 1.68 bits per heavy atom. The third-order valence-electron chi connectivity index (χ3n) is 4.33. The van der Waals surface area contributed by atoms with E-state index in [0.29, 0.717) is 11.5 Å². The summed E-state index contributed by atoms with van der Waals surface area (Å²) >= 11 is 0. The Morgan fingerprint density at radius 3 is 2.39 bits per heavy atom. The minimum absolute atomic E-state index is 0.131. The number of carbonyl (C=O) groups is 2. The fourth-order valence-corrected chi connectivity index (χ4v) is 2.60. The molecule has 1 heterocycles. The monoisotopic (exact) mass is 376 g/mol. The van der Waals surface area contributed by atoms with Gasteiger partial charge >= 0.3 is 5.97 Å². The molecule has 0 unspecified atom stereocenters. The normalized spacial score (nSPS) is 10.2. The molecule has 0 saturated heterocycles. The fraction of sp³-hybridized carbons (Fsp3) is 0.143. The van der Waals surface area contributed by atoms with Crippen LogP contribution in [0.15, 0.2) is 54.9 Å². The molecule has 0 saturated carbocycles.